The van der Waals surface area contributed by atoms with Gasteiger partial charge in [-0.25, -0.2) is 0 Å². The largest absolute Gasteiger partial charge is 0.466 e. The summed E-state index contributed by atoms with van der Waals surface area (Å²) in [7, 11) is 0. The van der Waals surface area contributed by atoms with Crippen molar-refractivity contribution in [1.82, 2.24) is 5.32 Å². The predicted octanol–water partition coefficient (Wildman–Crippen LogP) is 24.3. The van der Waals surface area contributed by atoms with Crippen LogP contribution < -0.4 is 5.32 Å². The molecule has 0 radical (unpaired) electrons. The first kappa shape index (κ1) is 80.1. The minimum Gasteiger partial charge on any atom is -0.466 e. The summed E-state index contributed by atoms with van der Waals surface area (Å²) in [5, 5.41) is 23.1. The minimum absolute atomic E-state index is 0.0219. The van der Waals surface area contributed by atoms with Crippen LogP contribution in [0.2, 0.25) is 0 Å². The first-order valence-electron chi connectivity index (χ1n) is 37.3. The van der Waals surface area contributed by atoms with Gasteiger partial charge in [-0.1, -0.05) is 371 Å². The van der Waals surface area contributed by atoms with Crippen molar-refractivity contribution < 1.29 is 24.5 Å². The molecule has 0 aromatic carbocycles. The second-order valence-corrected chi connectivity index (χ2v) is 25.6. The number of rotatable bonds is 70. The maximum atomic E-state index is 12.4. The van der Waals surface area contributed by atoms with E-state index in [1.165, 1.54) is 340 Å². The highest BCUT2D eigenvalue weighted by Crippen LogP contribution is 2.19. The maximum Gasteiger partial charge on any atom is 0.305 e. The Balaban J connectivity index is 3.34. The van der Waals surface area contributed by atoms with Crippen LogP contribution in [-0.4, -0.2) is 47.4 Å². The zero-order valence-corrected chi connectivity index (χ0v) is 55.5. The highest BCUT2D eigenvalue weighted by atomic mass is 16.5. The molecule has 82 heavy (non-hydrogen) atoms. The highest BCUT2D eigenvalue weighted by Gasteiger charge is 2.18. The number of hydrogen-bond donors (Lipinski definition) is 3. The van der Waals surface area contributed by atoms with E-state index >= 15 is 0 Å². The van der Waals surface area contributed by atoms with Gasteiger partial charge in [-0.15, -0.1) is 0 Å². The van der Waals surface area contributed by atoms with Gasteiger partial charge in [0.15, 0.2) is 0 Å². The molecule has 0 aliphatic carbocycles. The van der Waals surface area contributed by atoms with Gasteiger partial charge < -0.3 is 20.3 Å². The van der Waals surface area contributed by atoms with Gasteiger partial charge in [-0.3, -0.25) is 9.59 Å². The Morgan fingerprint density at radius 3 is 0.927 bits per heavy atom. The molecule has 0 saturated carbocycles. The Kier molecular flexibility index (Phi) is 69.9. The van der Waals surface area contributed by atoms with E-state index in [0.29, 0.717) is 19.4 Å². The maximum absolute atomic E-state index is 12.4. The summed E-state index contributed by atoms with van der Waals surface area (Å²) in [6.45, 7) is 4.93. The van der Waals surface area contributed by atoms with Crippen molar-refractivity contribution in [2.45, 2.75) is 424 Å². The summed E-state index contributed by atoms with van der Waals surface area (Å²) in [5.41, 5.74) is 0. The van der Waals surface area contributed by atoms with Crippen LogP contribution in [0.25, 0.3) is 0 Å². The van der Waals surface area contributed by atoms with E-state index in [9.17, 15) is 19.8 Å². The number of carbonyl (C=O) groups is 2. The monoisotopic (exact) mass is 1150 g/mol. The van der Waals surface area contributed by atoms with Crippen LogP contribution in [0.5, 0.6) is 0 Å². The van der Waals surface area contributed by atoms with Gasteiger partial charge >= 0.3 is 5.97 Å². The van der Waals surface area contributed by atoms with Crippen molar-refractivity contribution in [3.8, 4) is 0 Å². The SMILES string of the molecule is CCCCCCCCCCC/C=C/C(O)C(CO)NC(=O)CCCCCCCCCCCCCCCCCCC/C=C\C/C=C\CCCCCCCCCCCCCOC(=O)CCCCCCCCCCCCCCCCCCCCC. The van der Waals surface area contributed by atoms with Crippen molar-refractivity contribution in [2.75, 3.05) is 13.2 Å². The molecule has 0 saturated heterocycles. The van der Waals surface area contributed by atoms with Crippen LogP contribution >= 0.6 is 0 Å². The number of aliphatic hydroxyl groups is 2. The number of aliphatic hydroxyl groups excluding tert-OH is 2. The smallest absolute Gasteiger partial charge is 0.305 e. The summed E-state index contributed by atoms with van der Waals surface area (Å²) < 4.78 is 5.52. The Morgan fingerprint density at radius 2 is 0.610 bits per heavy atom. The van der Waals surface area contributed by atoms with E-state index in [0.717, 1.165) is 44.9 Å². The van der Waals surface area contributed by atoms with E-state index in [-0.39, 0.29) is 18.5 Å². The van der Waals surface area contributed by atoms with Crippen LogP contribution in [0.4, 0.5) is 0 Å². The number of hydrogen-bond acceptors (Lipinski definition) is 5. The van der Waals surface area contributed by atoms with Crippen molar-refractivity contribution >= 4 is 11.9 Å². The second-order valence-electron chi connectivity index (χ2n) is 25.6. The van der Waals surface area contributed by atoms with E-state index in [4.69, 9.17) is 4.74 Å². The third kappa shape index (κ3) is 67.2. The molecule has 0 aromatic rings. The summed E-state index contributed by atoms with van der Waals surface area (Å²) in [5.74, 6) is -0.0435. The van der Waals surface area contributed by atoms with Crippen molar-refractivity contribution in [3.05, 3.63) is 36.5 Å². The van der Waals surface area contributed by atoms with Crippen LogP contribution in [0, 0.1) is 0 Å². The first-order valence-corrected chi connectivity index (χ1v) is 37.3. The van der Waals surface area contributed by atoms with Crippen molar-refractivity contribution in [2.24, 2.45) is 0 Å². The Bertz CT molecular complexity index is 1330. The van der Waals surface area contributed by atoms with Crippen LogP contribution in [0.15, 0.2) is 36.5 Å². The molecule has 2 unspecified atom stereocenters. The molecule has 484 valence electrons. The van der Waals surface area contributed by atoms with Crippen molar-refractivity contribution in [3.63, 3.8) is 0 Å². The zero-order chi connectivity index (χ0) is 59.2. The van der Waals surface area contributed by atoms with Gasteiger partial charge in [0, 0.05) is 12.8 Å². The number of carbonyl (C=O) groups excluding carboxylic acids is 2. The van der Waals surface area contributed by atoms with Crippen LogP contribution in [-0.2, 0) is 14.3 Å². The molecule has 6 heteroatoms. The molecule has 0 aromatic heterocycles. The van der Waals surface area contributed by atoms with Gasteiger partial charge in [-0.2, -0.15) is 0 Å². The normalized spacial score (nSPS) is 12.7. The molecule has 0 bridgehead atoms. The topological polar surface area (TPSA) is 95.9 Å². The number of ether oxygens (including phenoxy) is 1. The quantitative estimate of drug-likeness (QED) is 0.0320. The lowest BCUT2D eigenvalue weighted by atomic mass is 10.0. The van der Waals surface area contributed by atoms with Gasteiger partial charge in [0.2, 0.25) is 5.91 Å². The lowest BCUT2D eigenvalue weighted by Gasteiger charge is -2.20. The fraction of sp³-hybridized carbons (Fsp3) is 0.895. The van der Waals surface area contributed by atoms with E-state index in [1.807, 2.05) is 6.08 Å². The number of amides is 1. The molecule has 2 atom stereocenters. The summed E-state index contributed by atoms with van der Waals surface area (Å²) in [6.07, 6.45) is 92.6. The fourth-order valence-corrected chi connectivity index (χ4v) is 11.7. The summed E-state index contributed by atoms with van der Waals surface area (Å²) in [4.78, 5) is 24.6. The van der Waals surface area contributed by atoms with E-state index in [1.54, 1.807) is 6.08 Å². The molecule has 3 N–H and O–H groups in total. The molecular weight excluding hydrogens is 1010 g/mol. The Morgan fingerprint density at radius 1 is 0.341 bits per heavy atom. The van der Waals surface area contributed by atoms with Gasteiger partial charge in [0.25, 0.3) is 0 Å². The predicted molar refractivity (Wildman–Crippen MR) is 361 cm³/mol. The molecule has 0 fully saturated rings. The molecule has 6 nitrogen and oxygen atoms in total. The van der Waals surface area contributed by atoms with Crippen molar-refractivity contribution in [1.29, 1.82) is 0 Å². The molecule has 1 amide bonds. The first-order chi connectivity index (χ1) is 40.5. The second kappa shape index (κ2) is 71.6. The third-order valence-electron chi connectivity index (χ3n) is 17.4. The van der Waals surface area contributed by atoms with Crippen LogP contribution in [0.1, 0.15) is 412 Å². The lowest BCUT2D eigenvalue weighted by molar-refractivity contribution is -0.143. The average molecular weight is 1150 g/mol. The number of nitrogens with one attached hydrogen (secondary N) is 1. The molecular formula is C76H145NO5. The Hall–Kier alpha value is -1.92. The number of esters is 1. The Labute approximate surface area is 513 Å². The molecule has 0 aliphatic heterocycles. The lowest BCUT2D eigenvalue weighted by Crippen LogP contribution is -2.45. The van der Waals surface area contributed by atoms with Gasteiger partial charge in [0.1, 0.15) is 0 Å². The average Bonchev–Trinajstić information content (AvgIpc) is 3.48. The van der Waals surface area contributed by atoms with E-state index in [2.05, 4.69) is 43.5 Å². The third-order valence-corrected chi connectivity index (χ3v) is 17.4. The molecule has 0 heterocycles. The summed E-state index contributed by atoms with van der Waals surface area (Å²) in [6, 6.07) is -0.625. The molecule has 0 rings (SSSR count). The fourth-order valence-electron chi connectivity index (χ4n) is 11.7. The minimum atomic E-state index is -0.841. The van der Waals surface area contributed by atoms with Gasteiger partial charge in [-0.05, 0) is 64.2 Å². The molecule has 0 spiro atoms. The highest BCUT2D eigenvalue weighted by molar-refractivity contribution is 5.76. The standard InChI is InChI=1S/C76H145NO5/c1-3-5-7-9-11-13-15-16-17-18-36-40-43-46-50-54-58-62-66-70-76(81)82-71-67-63-59-55-51-47-44-41-38-35-33-31-29-27-25-23-21-19-20-22-24-26-28-30-32-34-37-39-42-45-49-53-57-61-65-69-75(80)77-73(72-78)74(79)68-64-60-56-52-48-14-12-10-8-6-4-2/h21,23,27,29,64,68,73-74,78-79H,3-20,22,24-26,28,30-63,65-67,69-72H2,1-2H3,(H,77,80)/b23-21-,29-27-,68-64+. The van der Waals surface area contributed by atoms with E-state index < -0.39 is 12.1 Å². The summed E-state index contributed by atoms with van der Waals surface area (Å²) >= 11 is 0. The molecule has 0 aliphatic rings. The number of unbranched alkanes of at least 4 members (excludes halogenated alkanes) is 55. The van der Waals surface area contributed by atoms with Gasteiger partial charge in [0.05, 0.1) is 25.4 Å². The zero-order valence-electron chi connectivity index (χ0n) is 55.5. The number of allylic oxidation sites excluding steroid dienone is 5. The van der Waals surface area contributed by atoms with Crippen LogP contribution in [0.3, 0.4) is 0 Å².